The van der Waals surface area contributed by atoms with Crippen LogP contribution in [0.4, 0.5) is 0 Å². The predicted molar refractivity (Wildman–Crippen MR) is 138 cm³/mol. The third kappa shape index (κ3) is 2.54. The molecule has 0 heterocycles. The SMILES string of the molecule is N#Cc1cc2c3cc(C#N)c(C#N)c(C#N)c3c3c4ccccc4c4ccccc4c3c2cc1C#N. The van der Waals surface area contributed by atoms with Gasteiger partial charge >= 0.3 is 0 Å². The van der Waals surface area contributed by atoms with E-state index in [1.165, 1.54) is 0 Å². The monoisotopic (exact) mass is 453 g/mol. The summed E-state index contributed by atoms with van der Waals surface area (Å²) in [6, 6.07) is 31.3. The summed E-state index contributed by atoms with van der Waals surface area (Å²) in [5.41, 5.74) is 0.700. The minimum Gasteiger partial charge on any atom is -0.192 e. The predicted octanol–water partition coefficient (Wildman–Crippen LogP) is 6.81. The van der Waals surface area contributed by atoms with Crippen LogP contribution in [0.5, 0.6) is 0 Å². The summed E-state index contributed by atoms with van der Waals surface area (Å²) >= 11 is 0. The van der Waals surface area contributed by atoms with Crippen molar-refractivity contribution in [2.24, 2.45) is 0 Å². The van der Waals surface area contributed by atoms with Gasteiger partial charge in [0.2, 0.25) is 0 Å². The van der Waals surface area contributed by atoms with Gasteiger partial charge < -0.3 is 0 Å². The molecular formula is C31H11N5. The fourth-order valence-corrected chi connectivity index (χ4v) is 5.37. The third-order valence-electron chi connectivity index (χ3n) is 6.81. The quantitative estimate of drug-likeness (QED) is 0.234. The molecule has 0 bridgehead atoms. The normalized spacial score (nSPS) is 10.6. The van der Waals surface area contributed by atoms with E-state index in [-0.39, 0.29) is 27.8 Å². The molecular weight excluding hydrogens is 442 g/mol. The number of hydrogen-bond acceptors (Lipinski definition) is 5. The minimum atomic E-state index is 0.0274. The number of nitrogens with zero attached hydrogens (tertiary/aromatic N) is 5. The van der Waals surface area contributed by atoms with Gasteiger partial charge in [-0.2, -0.15) is 26.3 Å². The number of hydrogen-bond donors (Lipinski definition) is 0. The molecule has 0 aliphatic carbocycles. The van der Waals surface area contributed by atoms with Crippen molar-refractivity contribution in [1.82, 2.24) is 0 Å². The van der Waals surface area contributed by atoms with Crippen molar-refractivity contribution in [2.75, 3.05) is 0 Å². The van der Waals surface area contributed by atoms with Crippen LogP contribution in [-0.4, -0.2) is 0 Å². The maximum absolute atomic E-state index is 10.3. The van der Waals surface area contributed by atoms with Crippen LogP contribution in [0.3, 0.4) is 0 Å². The van der Waals surface area contributed by atoms with E-state index < -0.39 is 0 Å². The van der Waals surface area contributed by atoms with E-state index in [0.717, 1.165) is 37.7 Å². The molecule has 5 heteroatoms. The molecule has 0 spiro atoms. The fraction of sp³-hybridized carbons (Fsp3) is 0. The first-order chi connectivity index (χ1) is 17.7. The van der Waals surface area contributed by atoms with Gasteiger partial charge in [0.15, 0.2) is 0 Å². The molecule has 0 amide bonds. The first-order valence-corrected chi connectivity index (χ1v) is 11.0. The second kappa shape index (κ2) is 7.55. The van der Waals surface area contributed by atoms with E-state index in [4.69, 9.17) is 0 Å². The molecule has 0 unspecified atom stereocenters. The molecule has 0 aliphatic heterocycles. The summed E-state index contributed by atoms with van der Waals surface area (Å²) in [6.45, 7) is 0. The van der Waals surface area contributed by atoms with Gasteiger partial charge in [0.05, 0.1) is 27.8 Å². The molecule has 36 heavy (non-hydrogen) atoms. The maximum atomic E-state index is 10.3. The average molecular weight is 453 g/mol. The summed E-state index contributed by atoms with van der Waals surface area (Å²) in [4.78, 5) is 0. The van der Waals surface area contributed by atoms with E-state index in [2.05, 4.69) is 30.3 Å². The van der Waals surface area contributed by atoms with Crippen LogP contribution in [0.2, 0.25) is 0 Å². The molecule has 0 aliphatic rings. The van der Waals surface area contributed by atoms with Crippen LogP contribution in [0.15, 0.2) is 66.7 Å². The lowest BCUT2D eigenvalue weighted by Gasteiger charge is -2.18. The summed E-state index contributed by atoms with van der Waals surface area (Å²) in [5.74, 6) is 0. The Morgan fingerprint density at radius 2 is 0.806 bits per heavy atom. The first-order valence-electron chi connectivity index (χ1n) is 11.0. The number of rotatable bonds is 0. The molecule has 0 saturated heterocycles. The molecule has 0 N–H and O–H groups in total. The van der Waals surface area contributed by atoms with Gasteiger partial charge in [-0.3, -0.25) is 0 Å². The number of nitriles is 5. The van der Waals surface area contributed by atoms with E-state index in [1.807, 2.05) is 48.5 Å². The highest BCUT2D eigenvalue weighted by Crippen LogP contribution is 2.46. The van der Waals surface area contributed by atoms with Gasteiger partial charge in [-0.1, -0.05) is 48.5 Å². The van der Waals surface area contributed by atoms with E-state index >= 15 is 0 Å². The molecule has 160 valence electrons. The zero-order valence-corrected chi connectivity index (χ0v) is 18.6. The summed E-state index contributed by atoms with van der Waals surface area (Å²) in [6.07, 6.45) is 0. The van der Waals surface area contributed by atoms with Gasteiger partial charge in [-0.25, -0.2) is 0 Å². The highest BCUT2D eigenvalue weighted by atomic mass is 14.3. The Morgan fingerprint density at radius 3 is 1.33 bits per heavy atom. The molecule has 6 aromatic rings. The van der Waals surface area contributed by atoms with E-state index in [1.54, 1.807) is 18.2 Å². The lowest BCUT2D eigenvalue weighted by Crippen LogP contribution is -1.97. The summed E-state index contributed by atoms with van der Waals surface area (Å²) < 4.78 is 0. The summed E-state index contributed by atoms with van der Waals surface area (Å²) in [7, 11) is 0. The van der Waals surface area contributed by atoms with Crippen molar-refractivity contribution in [3.8, 4) is 30.3 Å². The molecule has 0 saturated carbocycles. The standard InChI is InChI=1S/C31H11N5/c32-12-17-9-24-25(10-18(17)13-33)29-22-7-3-1-5-20(22)21-6-2-4-8-23(21)31(29)30-26(24)11-19(14-34)27(15-35)28(30)16-36/h1-11H. The Kier molecular flexibility index (Phi) is 4.33. The molecule has 5 nitrogen and oxygen atoms in total. The van der Waals surface area contributed by atoms with Crippen LogP contribution in [-0.2, 0) is 0 Å². The number of fused-ring (bicyclic) bond motifs is 11. The zero-order chi connectivity index (χ0) is 25.0. The van der Waals surface area contributed by atoms with Gasteiger partial charge in [-0.15, -0.1) is 0 Å². The van der Waals surface area contributed by atoms with Crippen LogP contribution in [0, 0.1) is 56.7 Å². The van der Waals surface area contributed by atoms with Crippen LogP contribution in [0.25, 0.3) is 53.9 Å². The lowest BCUT2D eigenvalue weighted by atomic mass is 9.83. The highest BCUT2D eigenvalue weighted by Gasteiger charge is 2.22. The second-order valence-electron chi connectivity index (χ2n) is 8.44. The molecule has 0 radical (unpaired) electrons. The number of benzene rings is 6. The minimum absolute atomic E-state index is 0.0274. The molecule has 0 aromatic heterocycles. The Hall–Kier alpha value is -5.93. The van der Waals surface area contributed by atoms with Gasteiger partial charge in [0.25, 0.3) is 0 Å². The topological polar surface area (TPSA) is 119 Å². The van der Waals surface area contributed by atoms with Crippen LogP contribution in [0.1, 0.15) is 27.8 Å². The highest BCUT2D eigenvalue weighted by molar-refractivity contribution is 6.40. The zero-order valence-electron chi connectivity index (χ0n) is 18.6. The summed E-state index contributed by atoms with van der Waals surface area (Å²) in [5, 5.41) is 57.5. The first kappa shape index (κ1) is 20.7. The maximum Gasteiger partial charge on any atom is 0.102 e. The molecule has 0 fully saturated rings. The average Bonchev–Trinajstić information content (AvgIpc) is 2.94. The molecule has 0 atom stereocenters. The Labute approximate surface area is 205 Å². The Bertz CT molecular complexity index is 2210. The van der Waals surface area contributed by atoms with Crippen LogP contribution >= 0.6 is 0 Å². The van der Waals surface area contributed by atoms with E-state index in [0.29, 0.717) is 16.2 Å². The Balaban J connectivity index is 2.15. The second-order valence-corrected chi connectivity index (χ2v) is 8.44. The molecule has 6 rings (SSSR count). The van der Waals surface area contributed by atoms with Crippen LogP contribution < -0.4 is 0 Å². The van der Waals surface area contributed by atoms with Gasteiger partial charge in [0.1, 0.15) is 30.3 Å². The molecule has 6 aromatic carbocycles. The van der Waals surface area contributed by atoms with Gasteiger partial charge in [-0.05, 0) is 66.7 Å². The van der Waals surface area contributed by atoms with Crippen molar-refractivity contribution in [2.45, 2.75) is 0 Å². The fourth-order valence-electron chi connectivity index (χ4n) is 5.37. The third-order valence-corrected chi connectivity index (χ3v) is 6.81. The van der Waals surface area contributed by atoms with Gasteiger partial charge in [0, 0.05) is 5.39 Å². The van der Waals surface area contributed by atoms with Crippen molar-refractivity contribution < 1.29 is 0 Å². The van der Waals surface area contributed by atoms with Crippen molar-refractivity contribution >= 4 is 53.9 Å². The smallest absolute Gasteiger partial charge is 0.102 e. The van der Waals surface area contributed by atoms with Crippen molar-refractivity contribution in [3.63, 3.8) is 0 Å². The van der Waals surface area contributed by atoms with E-state index in [9.17, 15) is 26.3 Å². The lowest BCUT2D eigenvalue weighted by molar-refractivity contribution is 1.42. The van der Waals surface area contributed by atoms with Crippen molar-refractivity contribution in [3.05, 3.63) is 94.5 Å². The van der Waals surface area contributed by atoms with Crippen molar-refractivity contribution in [1.29, 1.82) is 26.3 Å². The largest absolute Gasteiger partial charge is 0.192 e. The Morgan fingerprint density at radius 1 is 0.361 bits per heavy atom.